The van der Waals surface area contributed by atoms with Crippen LogP contribution in [0.4, 0.5) is 0 Å². The molecule has 0 atom stereocenters. The number of nitrogens with zero attached hydrogens (tertiary/aromatic N) is 5. The normalized spacial score (nSPS) is 16.6. The Bertz CT molecular complexity index is 867. The quantitative estimate of drug-likeness (QED) is 0.729. The number of hydrogen-bond donors (Lipinski definition) is 0. The molecule has 0 unspecified atom stereocenters. The van der Waals surface area contributed by atoms with Gasteiger partial charge < -0.3 is 4.52 Å². The number of aryl methyl sites for hydroxylation is 2. The molecule has 3 aromatic rings. The summed E-state index contributed by atoms with van der Waals surface area (Å²) in [5, 5.41) is 5.09. The number of para-hydroxylation sites is 1. The first kappa shape index (κ1) is 16.2. The van der Waals surface area contributed by atoms with E-state index in [9.17, 15) is 0 Å². The Labute approximate surface area is 147 Å². The van der Waals surface area contributed by atoms with E-state index in [-0.39, 0.29) is 0 Å². The van der Waals surface area contributed by atoms with Gasteiger partial charge in [0.1, 0.15) is 5.82 Å². The van der Waals surface area contributed by atoms with Gasteiger partial charge in [-0.3, -0.25) is 9.80 Å². The molecule has 3 heterocycles. The van der Waals surface area contributed by atoms with Crippen molar-refractivity contribution in [3.63, 3.8) is 0 Å². The molecule has 1 saturated heterocycles. The zero-order valence-electron chi connectivity index (χ0n) is 14.8. The van der Waals surface area contributed by atoms with Crippen molar-refractivity contribution in [3.8, 4) is 0 Å². The van der Waals surface area contributed by atoms with Gasteiger partial charge in [0.15, 0.2) is 5.76 Å². The van der Waals surface area contributed by atoms with Crippen LogP contribution in [0.1, 0.15) is 23.0 Å². The van der Waals surface area contributed by atoms with Crippen LogP contribution in [0.25, 0.3) is 10.9 Å². The predicted molar refractivity (Wildman–Crippen MR) is 96.1 cm³/mol. The summed E-state index contributed by atoms with van der Waals surface area (Å²) >= 11 is 0. The van der Waals surface area contributed by atoms with Crippen LogP contribution in [0.3, 0.4) is 0 Å². The summed E-state index contributed by atoms with van der Waals surface area (Å²) in [5.74, 6) is 1.86. The summed E-state index contributed by atoms with van der Waals surface area (Å²) < 4.78 is 5.32. The SMILES string of the molecule is Cc1cc(CN2CCN(Cc3nc(C)c4ccccc4n3)CC2)on1. The zero-order valence-corrected chi connectivity index (χ0v) is 14.8. The topological polar surface area (TPSA) is 58.3 Å². The van der Waals surface area contributed by atoms with Crippen LogP contribution in [0, 0.1) is 13.8 Å². The molecule has 4 rings (SSSR count). The van der Waals surface area contributed by atoms with E-state index in [2.05, 4.69) is 34.0 Å². The third kappa shape index (κ3) is 3.70. The first-order valence-corrected chi connectivity index (χ1v) is 8.76. The van der Waals surface area contributed by atoms with E-state index in [1.807, 2.05) is 25.1 Å². The van der Waals surface area contributed by atoms with Crippen LogP contribution in [0.5, 0.6) is 0 Å². The minimum absolute atomic E-state index is 0.806. The van der Waals surface area contributed by atoms with Crippen LogP contribution >= 0.6 is 0 Å². The smallest absolute Gasteiger partial charge is 0.150 e. The second kappa shape index (κ2) is 6.90. The van der Waals surface area contributed by atoms with Crippen molar-refractivity contribution in [2.24, 2.45) is 0 Å². The van der Waals surface area contributed by atoms with E-state index in [1.54, 1.807) is 0 Å². The van der Waals surface area contributed by atoms with E-state index >= 15 is 0 Å². The molecule has 0 saturated carbocycles. The Hall–Kier alpha value is -2.31. The van der Waals surface area contributed by atoms with Crippen molar-refractivity contribution in [2.75, 3.05) is 26.2 Å². The van der Waals surface area contributed by atoms with Gasteiger partial charge in [-0.25, -0.2) is 9.97 Å². The number of aromatic nitrogens is 3. The summed E-state index contributed by atoms with van der Waals surface area (Å²) in [5.41, 5.74) is 3.03. The summed E-state index contributed by atoms with van der Waals surface area (Å²) in [6.45, 7) is 9.73. The molecule has 0 N–H and O–H groups in total. The molecule has 1 aromatic carbocycles. The van der Waals surface area contributed by atoms with E-state index in [1.165, 1.54) is 0 Å². The molecule has 1 aliphatic rings. The fourth-order valence-electron chi connectivity index (χ4n) is 3.38. The molecule has 1 aliphatic heterocycles. The standard InChI is InChI=1S/C19H23N5O/c1-14-11-16(25-22-14)12-23-7-9-24(10-8-23)13-19-20-15(2)17-5-3-4-6-18(17)21-19/h3-6,11H,7-10,12-13H2,1-2H3. The lowest BCUT2D eigenvalue weighted by Crippen LogP contribution is -2.45. The second-order valence-corrected chi connectivity index (χ2v) is 6.73. The van der Waals surface area contributed by atoms with Gasteiger partial charge in [-0.1, -0.05) is 23.4 Å². The van der Waals surface area contributed by atoms with Gasteiger partial charge in [0.25, 0.3) is 0 Å². The van der Waals surface area contributed by atoms with E-state index < -0.39 is 0 Å². The minimum Gasteiger partial charge on any atom is -0.360 e. The first-order valence-electron chi connectivity index (χ1n) is 8.76. The van der Waals surface area contributed by atoms with Crippen LogP contribution in [-0.4, -0.2) is 51.1 Å². The third-order valence-electron chi connectivity index (χ3n) is 4.73. The minimum atomic E-state index is 0.806. The molecule has 2 aromatic heterocycles. The van der Waals surface area contributed by atoms with E-state index in [0.717, 1.165) is 73.1 Å². The largest absolute Gasteiger partial charge is 0.360 e. The summed E-state index contributed by atoms with van der Waals surface area (Å²) in [6.07, 6.45) is 0. The lowest BCUT2D eigenvalue weighted by molar-refractivity contribution is 0.112. The average Bonchev–Trinajstić information content (AvgIpc) is 3.02. The molecule has 25 heavy (non-hydrogen) atoms. The van der Waals surface area contributed by atoms with Crippen molar-refractivity contribution in [2.45, 2.75) is 26.9 Å². The van der Waals surface area contributed by atoms with Gasteiger partial charge in [0, 0.05) is 43.3 Å². The van der Waals surface area contributed by atoms with Crippen LogP contribution in [-0.2, 0) is 13.1 Å². The van der Waals surface area contributed by atoms with Crippen LogP contribution in [0.15, 0.2) is 34.9 Å². The second-order valence-electron chi connectivity index (χ2n) is 6.73. The average molecular weight is 337 g/mol. The van der Waals surface area contributed by atoms with Crippen LogP contribution in [0.2, 0.25) is 0 Å². The predicted octanol–water partition coefficient (Wildman–Crippen LogP) is 2.55. The third-order valence-corrected chi connectivity index (χ3v) is 4.73. The number of piperazine rings is 1. The monoisotopic (exact) mass is 337 g/mol. The maximum absolute atomic E-state index is 5.32. The van der Waals surface area contributed by atoms with Gasteiger partial charge in [0.2, 0.25) is 0 Å². The fraction of sp³-hybridized carbons (Fsp3) is 0.421. The maximum atomic E-state index is 5.32. The van der Waals surface area contributed by atoms with Crippen molar-refractivity contribution >= 4 is 10.9 Å². The molecule has 0 radical (unpaired) electrons. The van der Waals surface area contributed by atoms with Crippen molar-refractivity contribution in [1.29, 1.82) is 0 Å². The van der Waals surface area contributed by atoms with Crippen molar-refractivity contribution < 1.29 is 4.52 Å². The Morgan fingerprint density at radius 3 is 2.40 bits per heavy atom. The van der Waals surface area contributed by atoms with Gasteiger partial charge in [-0.2, -0.15) is 0 Å². The Morgan fingerprint density at radius 1 is 0.960 bits per heavy atom. The number of rotatable bonds is 4. The number of benzene rings is 1. The van der Waals surface area contributed by atoms with E-state index in [4.69, 9.17) is 14.5 Å². The van der Waals surface area contributed by atoms with Crippen molar-refractivity contribution in [3.05, 3.63) is 53.3 Å². The Kier molecular flexibility index (Phi) is 4.46. The molecule has 1 fully saturated rings. The van der Waals surface area contributed by atoms with Crippen LogP contribution < -0.4 is 0 Å². The lowest BCUT2D eigenvalue weighted by atomic mass is 10.2. The van der Waals surface area contributed by atoms with Crippen molar-refractivity contribution in [1.82, 2.24) is 24.9 Å². The molecule has 6 heteroatoms. The van der Waals surface area contributed by atoms with Gasteiger partial charge in [0.05, 0.1) is 24.3 Å². The lowest BCUT2D eigenvalue weighted by Gasteiger charge is -2.33. The molecule has 0 bridgehead atoms. The Balaban J connectivity index is 1.37. The summed E-state index contributed by atoms with van der Waals surface area (Å²) in [7, 11) is 0. The highest BCUT2D eigenvalue weighted by atomic mass is 16.5. The molecule has 0 amide bonds. The van der Waals surface area contributed by atoms with Gasteiger partial charge in [-0.15, -0.1) is 0 Å². The molecule has 130 valence electrons. The molecule has 0 aliphatic carbocycles. The highest BCUT2D eigenvalue weighted by Crippen LogP contribution is 2.16. The highest BCUT2D eigenvalue weighted by molar-refractivity contribution is 5.80. The number of hydrogen-bond acceptors (Lipinski definition) is 6. The molecule has 6 nitrogen and oxygen atoms in total. The summed E-state index contributed by atoms with van der Waals surface area (Å²) in [6, 6.07) is 10.2. The Morgan fingerprint density at radius 2 is 1.68 bits per heavy atom. The first-order chi connectivity index (χ1) is 12.2. The molecule has 0 spiro atoms. The highest BCUT2D eigenvalue weighted by Gasteiger charge is 2.19. The molecular formula is C19H23N5O. The van der Waals surface area contributed by atoms with Gasteiger partial charge >= 0.3 is 0 Å². The fourth-order valence-corrected chi connectivity index (χ4v) is 3.38. The van der Waals surface area contributed by atoms with E-state index in [0.29, 0.717) is 0 Å². The summed E-state index contributed by atoms with van der Waals surface area (Å²) in [4.78, 5) is 14.3. The van der Waals surface area contributed by atoms with Gasteiger partial charge in [-0.05, 0) is 19.9 Å². The number of fused-ring (bicyclic) bond motifs is 1. The zero-order chi connectivity index (χ0) is 17.2. The molecular weight excluding hydrogens is 314 g/mol. The maximum Gasteiger partial charge on any atom is 0.150 e.